The molecule has 6 nitrogen and oxygen atoms in total. The molecule has 0 bridgehead atoms. The molecule has 0 saturated carbocycles. The highest BCUT2D eigenvalue weighted by molar-refractivity contribution is 6.32. The summed E-state index contributed by atoms with van der Waals surface area (Å²) in [5, 5.41) is 10.00. The smallest absolute Gasteiger partial charge is 0.292 e. The van der Waals surface area contributed by atoms with E-state index >= 15 is 0 Å². The van der Waals surface area contributed by atoms with Gasteiger partial charge in [0.2, 0.25) is 5.91 Å². The third kappa shape index (κ3) is 3.34. The Morgan fingerprint density at radius 3 is 2.43 bits per heavy atom. The molecule has 2 fully saturated rings. The summed E-state index contributed by atoms with van der Waals surface area (Å²) in [6.45, 7) is 5.00. The van der Waals surface area contributed by atoms with Gasteiger partial charge in [0, 0.05) is 10.7 Å². The molecular weight excluding hydrogens is 378 g/mol. The van der Waals surface area contributed by atoms with Crippen molar-refractivity contribution in [2.45, 2.75) is 19.4 Å². The number of imide groups is 1. The van der Waals surface area contributed by atoms with Gasteiger partial charge >= 0.3 is 0 Å². The number of carbonyl (C=O) groups excluding carboxylic acids is 2. The number of hydrogen-bond acceptors (Lipinski definition) is 4. The van der Waals surface area contributed by atoms with Crippen molar-refractivity contribution in [1.29, 1.82) is 0 Å². The van der Waals surface area contributed by atoms with Gasteiger partial charge in [0.25, 0.3) is 5.91 Å². The molecule has 146 valence electrons. The number of piperazine rings is 1. The number of phenols is 1. The first-order chi connectivity index (χ1) is 13.5. The predicted molar refractivity (Wildman–Crippen MR) is 108 cm³/mol. The van der Waals surface area contributed by atoms with Crippen LogP contribution in [0, 0.1) is 6.92 Å². The minimum Gasteiger partial charge on any atom is -0.508 e. The third-order valence-electron chi connectivity index (χ3n) is 5.74. The zero-order chi connectivity index (χ0) is 19.8. The van der Waals surface area contributed by atoms with Crippen LogP contribution in [0.2, 0.25) is 5.02 Å². The van der Waals surface area contributed by atoms with Crippen LogP contribution in [-0.2, 0) is 9.59 Å². The molecule has 2 amide bonds. The summed E-state index contributed by atoms with van der Waals surface area (Å²) in [4.78, 5) is 30.4. The first-order valence-electron chi connectivity index (χ1n) is 9.46. The number of benzene rings is 2. The van der Waals surface area contributed by atoms with Crippen LogP contribution in [-0.4, -0.2) is 49.1 Å². The number of aromatic hydroxyl groups is 1. The maximum Gasteiger partial charge on any atom is 0.292 e. The molecule has 0 aliphatic carbocycles. The van der Waals surface area contributed by atoms with E-state index in [2.05, 4.69) is 4.90 Å². The van der Waals surface area contributed by atoms with Gasteiger partial charge in [-0.05, 0) is 48.9 Å². The van der Waals surface area contributed by atoms with Crippen molar-refractivity contribution in [3.8, 4) is 5.75 Å². The molecule has 0 spiro atoms. The van der Waals surface area contributed by atoms with Crippen LogP contribution in [0.5, 0.6) is 5.75 Å². The van der Waals surface area contributed by atoms with E-state index in [1.165, 1.54) is 4.90 Å². The van der Waals surface area contributed by atoms with Crippen molar-refractivity contribution in [2.24, 2.45) is 0 Å². The molecule has 2 heterocycles. The zero-order valence-electron chi connectivity index (χ0n) is 15.7. The summed E-state index contributed by atoms with van der Waals surface area (Å²) >= 11 is 6.18. The molecule has 2 aliphatic heterocycles. The van der Waals surface area contributed by atoms with Crippen LogP contribution in [0.3, 0.4) is 0 Å². The molecule has 0 aromatic heterocycles. The lowest BCUT2D eigenvalue weighted by Crippen LogP contribution is -3.19. The van der Waals surface area contributed by atoms with Crippen LogP contribution in [0.4, 0.5) is 11.4 Å². The summed E-state index contributed by atoms with van der Waals surface area (Å²) < 4.78 is 0. The SMILES string of the molecule is Cc1c(Cl)cccc1N1C(=O)C[C@H]([NH+]2CCN(c3ccc(O)cc3)CC2)C1=O. The fraction of sp³-hybridized carbons (Fsp3) is 0.333. The molecule has 2 saturated heterocycles. The van der Waals surface area contributed by atoms with Crippen LogP contribution >= 0.6 is 11.6 Å². The Kier molecular flexibility index (Phi) is 5.00. The highest BCUT2D eigenvalue weighted by atomic mass is 35.5. The lowest BCUT2D eigenvalue weighted by molar-refractivity contribution is -0.915. The highest BCUT2D eigenvalue weighted by Crippen LogP contribution is 2.30. The fourth-order valence-electron chi connectivity index (χ4n) is 4.11. The number of phenolic OH excluding ortho intramolecular Hbond substituents is 1. The second-order valence-corrected chi connectivity index (χ2v) is 7.78. The van der Waals surface area contributed by atoms with Gasteiger partial charge < -0.3 is 14.9 Å². The van der Waals surface area contributed by atoms with Gasteiger partial charge in [0.05, 0.1) is 38.3 Å². The molecule has 1 atom stereocenters. The lowest BCUT2D eigenvalue weighted by Gasteiger charge is -2.35. The number of hydrogen-bond donors (Lipinski definition) is 2. The number of nitrogens with zero attached hydrogens (tertiary/aromatic N) is 2. The number of quaternary nitrogens is 1. The van der Waals surface area contributed by atoms with Gasteiger partial charge in [-0.25, -0.2) is 4.90 Å². The predicted octanol–water partition coefficient (Wildman–Crippen LogP) is 1.39. The largest absolute Gasteiger partial charge is 0.508 e. The van der Waals surface area contributed by atoms with Gasteiger partial charge in [0.1, 0.15) is 5.75 Å². The molecule has 2 N–H and O–H groups in total. The Balaban J connectivity index is 1.46. The van der Waals surface area contributed by atoms with E-state index in [4.69, 9.17) is 11.6 Å². The number of rotatable bonds is 3. The number of halogens is 1. The number of nitrogens with one attached hydrogen (secondary N) is 1. The monoisotopic (exact) mass is 400 g/mol. The molecule has 4 rings (SSSR count). The maximum absolute atomic E-state index is 13.1. The number of amides is 2. The minimum absolute atomic E-state index is 0.136. The van der Waals surface area contributed by atoms with Crippen molar-refractivity contribution < 1.29 is 19.6 Å². The summed E-state index contributed by atoms with van der Waals surface area (Å²) in [6, 6.07) is 12.1. The Hall–Kier alpha value is -2.57. The van der Waals surface area contributed by atoms with Crippen molar-refractivity contribution >= 4 is 34.8 Å². The Labute approximate surface area is 168 Å². The molecule has 0 radical (unpaired) electrons. The van der Waals surface area contributed by atoms with Gasteiger partial charge in [-0.2, -0.15) is 0 Å². The molecule has 2 aromatic carbocycles. The van der Waals surface area contributed by atoms with E-state index in [1.807, 2.05) is 19.1 Å². The van der Waals surface area contributed by atoms with E-state index in [1.54, 1.807) is 30.3 Å². The summed E-state index contributed by atoms with van der Waals surface area (Å²) in [5.41, 5.74) is 2.40. The van der Waals surface area contributed by atoms with Gasteiger partial charge in [-0.3, -0.25) is 9.59 Å². The Morgan fingerprint density at radius 2 is 1.75 bits per heavy atom. The zero-order valence-corrected chi connectivity index (χ0v) is 16.4. The number of anilines is 2. The normalized spacial score (nSPS) is 20.9. The van der Waals surface area contributed by atoms with Crippen molar-refractivity contribution in [3.05, 3.63) is 53.1 Å². The van der Waals surface area contributed by atoms with Crippen molar-refractivity contribution in [2.75, 3.05) is 36.0 Å². The molecular formula is C21H23ClN3O3+. The van der Waals surface area contributed by atoms with Crippen molar-refractivity contribution in [1.82, 2.24) is 0 Å². The van der Waals surface area contributed by atoms with Crippen LogP contribution in [0.15, 0.2) is 42.5 Å². The van der Waals surface area contributed by atoms with E-state index in [0.717, 1.165) is 42.3 Å². The van der Waals surface area contributed by atoms with E-state index in [9.17, 15) is 14.7 Å². The fourth-order valence-corrected chi connectivity index (χ4v) is 4.28. The maximum atomic E-state index is 13.1. The minimum atomic E-state index is -0.340. The molecule has 2 aliphatic rings. The topological polar surface area (TPSA) is 65.3 Å². The average Bonchev–Trinajstić information content (AvgIpc) is 2.99. The second kappa shape index (κ2) is 7.45. The second-order valence-electron chi connectivity index (χ2n) is 7.37. The summed E-state index contributed by atoms with van der Waals surface area (Å²) in [6.07, 6.45) is 0.235. The van der Waals surface area contributed by atoms with Crippen LogP contribution in [0.1, 0.15) is 12.0 Å². The Morgan fingerprint density at radius 1 is 1.07 bits per heavy atom. The van der Waals surface area contributed by atoms with Gasteiger partial charge in [0.15, 0.2) is 6.04 Å². The standard InChI is InChI=1S/C21H22ClN3O3/c1-14-17(22)3-2-4-18(14)25-20(27)13-19(21(25)28)24-11-9-23(10-12-24)15-5-7-16(26)8-6-15/h2-8,19,26H,9-13H2,1H3/p+1/t19-/m0/s1. The van der Waals surface area contributed by atoms with Crippen LogP contribution < -0.4 is 14.7 Å². The lowest BCUT2D eigenvalue weighted by atomic mass is 10.1. The van der Waals surface area contributed by atoms with Crippen LogP contribution in [0.25, 0.3) is 0 Å². The first kappa shape index (κ1) is 18.8. The van der Waals surface area contributed by atoms with Gasteiger partial charge in [-0.15, -0.1) is 0 Å². The molecule has 28 heavy (non-hydrogen) atoms. The molecule has 2 aromatic rings. The van der Waals surface area contributed by atoms with Crippen molar-refractivity contribution in [3.63, 3.8) is 0 Å². The summed E-state index contributed by atoms with van der Waals surface area (Å²) in [5.74, 6) is -0.0447. The highest BCUT2D eigenvalue weighted by Gasteiger charge is 2.46. The average molecular weight is 401 g/mol. The van der Waals surface area contributed by atoms with E-state index in [-0.39, 0.29) is 30.0 Å². The Bertz CT molecular complexity index is 908. The molecule has 0 unspecified atom stereocenters. The van der Waals surface area contributed by atoms with E-state index in [0.29, 0.717) is 10.7 Å². The van der Waals surface area contributed by atoms with Gasteiger partial charge in [-0.1, -0.05) is 17.7 Å². The quantitative estimate of drug-likeness (QED) is 0.764. The first-order valence-corrected chi connectivity index (χ1v) is 9.84. The molecule has 7 heteroatoms. The van der Waals surface area contributed by atoms with E-state index < -0.39 is 0 Å². The summed E-state index contributed by atoms with van der Waals surface area (Å²) in [7, 11) is 0. The third-order valence-corrected chi connectivity index (χ3v) is 6.15. The number of carbonyl (C=O) groups is 2.